The van der Waals surface area contributed by atoms with Gasteiger partial charge in [-0.15, -0.1) is 0 Å². The number of pyridine rings is 1. The Morgan fingerprint density at radius 2 is 1.97 bits per heavy atom. The number of nitrogens with two attached hydrogens (primary N) is 1. The summed E-state index contributed by atoms with van der Waals surface area (Å²) in [6.45, 7) is 5.81. The van der Waals surface area contributed by atoms with Crippen LogP contribution in [0.4, 0.5) is 4.79 Å². The van der Waals surface area contributed by atoms with E-state index in [2.05, 4.69) is 21.2 Å². The number of alkyl carbamates (subject to hydrolysis) is 1. The average molecular weight is 504 g/mol. The van der Waals surface area contributed by atoms with Gasteiger partial charge in [-0.25, -0.2) is 4.79 Å². The zero-order valence-electron chi connectivity index (χ0n) is 17.6. The van der Waals surface area contributed by atoms with Crippen molar-refractivity contribution in [1.29, 1.82) is 0 Å². The summed E-state index contributed by atoms with van der Waals surface area (Å²) < 4.78 is 6.94. The number of nitrogens with zero attached hydrogens (tertiary/aromatic N) is 2. The van der Waals surface area contributed by atoms with Crippen molar-refractivity contribution in [3.8, 4) is 0 Å². The van der Waals surface area contributed by atoms with Crippen molar-refractivity contribution >= 4 is 39.5 Å². The molecule has 166 valence electrons. The first-order valence-corrected chi connectivity index (χ1v) is 10.9. The van der Waals surface area contributed by atoms with E-state index in [1.165, 1.54) is 12.3 Å². The Labute approximate surface area is 189 Å². The van der Waals surface area contributed by atoms with Crippen LogP contribution in [0.25, 0.3) is 0 Å². The number of hydrogen-bond donors (Lipinski definition) is 2. The Morgan fingerprint density at radius 3 is 2.50 bits per heavy atom. The first-order chi connectivity index (χ1) is 13.9. The van der Waals surface area contributed by atoms with Crippen molar-refractivity contribution in [2.45, 2.75) is 57.7 Å². The van der Waals surface area contributed by atoms with Gasteiger partial charge in [0.15, 0.2) is 0 Å². The Kier molecular flexibility index (Phi) is 7.76. The number of carbonyl (C=O) groups is 2. The molecule has 1 spiro atoms. The smallest absolute Gasteiger partial charge is 0.411 e. The van der Waals surface area contributed by atoms with E-state index in [1.54, 1.807) is 43.4 Å². The molecule has 2 amide bonds. The molecule has 1 aliphatic heterocycles. The van der Waals surface area contributed by atoms with Gasteiger partial charge in [-0.2, -0.15) is 0 Å². The topological polar surface area (TPSA) is 107 Å². The van der Waals surface area contributed by atoms with Crippen LogP contribution in [0.3, 0.4) is 0 Å². The third-order valence-electron chi connectivity index (χ3n) is 4.92. The van der Waals surface area contributed by atoms with E-state index in [0.717, 1.165) is 25.7 Å². The third kappa shape index (κ3) is 5.07. The van der Waals surface area contributed by atoms with E-state index in [-0.39, 0.29) is 11.5 Å². The second-order valence-corrected chi connectivity index (χ2v) is 9.43. The van der Waals surface area contributed by atoms with Crippen LogP contribution in [0.15, 0.2) is 27.6 Å². The van der Waals surface area contributed by atoms with Gasteiger partial charge < -0.3 is 15.4 Å². The number of rotatable bonds is 2. The summed E-state index contributed by atoms with van der Waals surface area (Å²) in [6.07, 6.45) is 6.30. The highest BCUT2D eigenvalue weighted by Gasteiger charge is 2.50. The number of hydrogen-bond acceptors (Lipinski definition) is 5. The van der Waals surface area contributed by atoms with Crippen molar-refractivity contribution in [1.82, 2.24) is 14.8 Å². The number of aromatic nitrogens is 1. The molecule has 2 aliphatic rings. The Hall–Kier alpha value is -1.84. The van der Waals surface area contributed by atoms with Crippen molar-refractivity contribution in [2.24, 2.45) is 5.73 Å². The standard InChI is InChI=1S/C12H12BrClN2O2.C8H16N2O2/c1-15-11(18)9-8(14)6-7(13)10(17)16(9)12(15)4-2-3-5-12;1-8(2,3)12-7(11)10-6-4-5-9/h6H,2-5H2,1H3;4,6H,5,9H2,1-3H3,(H,10,11)/b;6-4+. The van der Waals surface area contributed by atoms with Gasteiger partial charge in [0, 0.05) is 19.8 Å². The van der Waals surface area contributed by atoms with Gasteiger partial charge in [0.1, 0.15) is 17.0 Å². The van der Waals surface area contributed by atoms with Crippen LogP contribution in [-0.4, -0.2) is 40.7 Å². The van der Waals surface area contributed by atoms with Crippen LogP contribution in [0.1, 0.15) is 56.9 Å². The molecule has 30 heavy (non-hydrogen) atoms. The van der Waals surface area contributed by atoms with Crippen LogP contribution < -0.4 is 16.6 Å². The lowest BCUT2D eigenvalue weighted by Crippen LogP contribution is -2.46. The van der Waals surface area contributed by atoms with Gasteiger partial charge in [-0.05, 0) is 68.5 Å². The molecule has 1 saturated carbocycles. The van der Waals surface area contributed by atoms with Crippen molar-refractivity contribution < 1.29 is 14.3 Å². The van der Waals surface area contributed by atoms with Crippen LogP contribution in [0.5, 0.6) is 0 Å². The van der Waals surface area contributed by atoms with Crippen LogP contribution in [0, 0.1) is 0 Å². The van der Waals surface area contributed by atoms with E-state index < -0.39 is 17.4 Å². The largest absolute Gasteiger partial charge is 0.444 e. The Morgan fingerprint density at radius 1 is 1.37 bits per heavy atom. The number of halogens is 2. The summed E-state index contributed by atoms with van der Waals surface area (Å²) in [5.74, 6) is -0.161. The highest BCUT2D eigenvalue weighted by atomic mass is 79.9. The zero-order valence-corrected chi connectivity index (χ0v) is 20.0. The lowest BCUT2D eigenvalue weighted by Gasteiger charge is -2.33. The summed E-state index contributed by atoms with van der Waals surface area (Å²) in [5, 5.41) is 2.75. The van der Waals surface area contributed by atoms with Crippen LogP contribution in [-0.2, 0) is 10.4 Å². The molecule has 3 rings (SSSR count). The second kappa shape index (κ2) is 9.53. The van der Waals surface area contributed by atoms with E-state index in [4.69, 9.17) is 22.1 Å². The highest BCUT2D eigenvalue weighted by molar-refractivity contribution is 9.10. The van der Waals surface area contributed by atoms with E-state index in [0.29, 0.717) is 21.7 Å². The average Bonchev–Trinajstić information content (AvgIpc) is 3.20. The third-order valence-corrected chi connectivity index (χ3v) is 5.77. The highest BCUT2D eigenvalue weighted by Crippen LogP contribution is 2.44. The molecule has 1 aromatic heterocycles. The SMILES string of the molecule is CC(C)(C)OC(=O)N/C=C/CN.CN1C(=O)c2c(Cl)cc(Br)c(=O)n2C12CCCC2. The van der Waals surface area contributed by atoms with Crippen LogP contribution >= 0.6 is 27.5 Å². The maximum absolute atomic E-state index is 12.3. The van der Waals surface area contributed by atoms with Gasteiger partial charge in [0.2, 0.25) is 0 Å². The summed E-state index contributed by atoms with van der Waals surface area (Å²) in [4.78, 5) is 37.2. The lowest BCUT2D eigenvalue weighted by atomic mass is 10.1. The molecule has 0 bridgehead atoms. The number of ether oxygens (including phenoxy) is 1. The molecular weight excluding hydrogens is 476 g/mol. The predicted molar refractivity (Wildman–Crippen MR) is 120 cm³/mol. The molecule has 0 aromatic carbocycles. The normalized spacial score (nSPS) is 17.2. The molecule has 2 heterocycles. The number of carbonyl (C=O) groups excluding carboxylic acids is 2. The first kappa shape index (κ1) is 24.4. The summed E-state index contributed by atoms with van der Waals surface area (Å²) >= 11 is 9.35. The Balaban J connectivity index is 0.000000235. The van der Waals surface area contributed by atoms with Gasteiger partial charge in [0.05, 0.1) is 9.50 Å². The molecule has 0 atom stereocenters. The maximum Gasteiger partial charge on any atom is 0.411 e. The van der Waals surface area contributed by atoms with Crippen molar-refractivity contribution in [3.05, 3.63) is 43.9 Å². The van der Waals surface area contributed by atoms with Gasteiger partial charge in [-0.1, -0.05) is 17.7 Å². The number of amides is 2. The molecule has 0 radical (unpaired) electrons. The molecule has 1 fully saturated rings. The molecule has 8 nitrogen and oxygen atoms in total. The number of fused-ring (bicyclic) bond motifs is 2. The fourth-order valence-electron chi connectivity index (χ4n) is 3.65. The van der Waals surface area contributed by atoms with Gasteiger partial charge in [0.25, 0.3) is 11.5 Å². The van der Waals surface area contributed by atoms with Gasteiger partial charge in [-0.3, -0.25) is 19.5 Å². The first-order valence-electron chi connectivity index (χ1n) is 9.69. The second-order valence-electron chi connectivity index (χ2n) is 8.17. The summed E-state index contributed by atoms with van der Waals surface area (Å²) in [6, 6.07) is 1.51. The number of nitrogens with one attached hydrogen (secondary N) is 1. The van der Waals surface area contributed by atoms with Crippen LogP contribution in [0.2, 0.25) is 5.02 Å². The van der Waals surface area contributed by atoms with Crippen molar-refractivity contribution in [3.63, 3.8) is 0 Å². The molecule has 1 aromatic rings. The van der Waals surface area contributed by atoms with Crippen molar-refractivity contribution in [2.75, 3.05) is 13.6 Å². The molecule has 0 unspecified atom stereocenters. The van der Waals surface area contributed by atoms with E-state index >= 15 is 0 Å². The fraction of sp³-hybridized carbons (Fsp3) is 0.550. The predicted octanol–water partition coefficient (Wildman–Crippen LogP) is 3.56. The van der Waals surface area contributed by atoms with Gasteiger partial charge >= 0.3 is 6.09 Å². The fourth-order valence-corrected chi connectivity index (χ4v) is 4.46. The summed E-state index contributed by atoms with van der Waals surface area (Å²) in [7, 11) is 1.75. The van der Waals surface area contributed by atoms with E-state index in [9.17, 15) is 14.4 Å². The zero-order chi connectivity index (χ0) is 22.7. The molecule has 10 heteroatoms. The quantitative estimate of drug-likeness (QED) is 0.642. The Bertz CT molecular complexity index is 901. The van der Waals surface area contributed by atoms with E-state index in [1.807, 2.05) is 0 Å². The minimum Gasteiger partial charge on any atom is -0.444 e. The monoisotopic (exact) mass is 502 g/mol. The molecule has 3 N–H and O–H groups in total. The minimum atomic E-state index is -0.503. The summed E-state index contributed by atoms with van der Waals surface area (Å²) in [5.41, 5.74) is 4.36. The minimum absolute atomic E-state index is 0.161. The molecule has 1 aliphatic carbocycles. The molecule has 0 saturated heterocycles. The lowest BCUT2D eigenvalue weighted by molar-refractivity contribution is 0.0502. The molecular formula is C20H28BrClN4O4. The maximum atomic E-state index is 12.3.